The molecule has 0 aliphatic carbocycles. The predicted octanol–water partition coefficient (Wildman–Crippen LogP) is 3.54. The van der Waals surface area contributed by atoms with Crippen LogP contribution < -0.4 is 10.1 Å². The molecule has 0 spiro atoms. The van der Waals surface area contributed by atoms with Crippen molar-refractivity contribution in [2.45, 2.75) is 6.36 Å². The summed E-state index contributed by atoms with van der Waals surface area (Å²) in [5.74, 6) is -2.18. The lowest BCUT2D eigenvalue weighted by molar-refractivity contribution is -0.274. The largest absolute Gasteiger partial charge is 0.573 e. The van der Waals surface area contributed by atoms with Gasteiger partial charge in [0.25, 0.3) is 5.91 Å². The minimum atomic E-state index is -4.80. The van der Waals surface area contributed by atoms with Crippen LogP contribution in [0.15, 0.2) is 48.5 Å². The molecule has 0 aliphatic rings. The lowest BCUT2D eigenvalue weighted by Crippen LogP contribution is -2.17. The van der Waals surface area contributed by atoms with Crippen LogP contribution in [0, 0.1) is 0 Å². The van der Waals surface area contributed by atoms with Gasteiger partial charge in [0.2, 0.25) is 0 Å². The average Bonchev–Trinajstić information content (AvgIpc) is 2.46. The number of hydrogen-bond acceptors (Lipinski definition) is 3. The number of carboxylic acid groups (broad SMARTS) is 1. The monoisotopic (exact) mass is 325 g/mol. The summed E-state index contributed by atoms with van der Waals surface area (Å²) in [5.41, 5.74) is 0.350. The van der Waals surface area contributed by atoms with Gasteiger partial charge in [-0.15, -0.1) is 13.2 Å². The number of carboxylic acids is 1. The minimum absolute atomic E-state index is 0.00303. The Bertz CT molecular complexity index is 726. The standard InChI is InChI=1S/C15H10F3NO4/c16-15(17,18)23-12-6-4-9(5-7-12)13(20)19-11-3-1-2-10(8-11)14(21)22/h1-8H,(H,19,20)(H,21,22). The molecule has 0 aliphatic heterocycles. The molecule has 0 heterocycles. The Morgan fingerprint density at radius 2 is 1.65 bits per heavy atom. The van der Waals surface area contributed by atoms with Gasteiger partial charge in [-0.05, 0) is 42.5 Å². The molecular formula is C15H10F3NO4. The number of halogens is 3. The Morgan fingerprint density at radius 1 is 1.00 bits per heavy atom. The maximum Gasteiger partial charge on any atom is 0.573 e. The first-order valence-corrected chi connectivity index (χ1v) is 6.25. The van der Waals surface area contributed by atoms with Crippen LogP contribution in [-0.4, -0.2) is 23.3 Å². The van der Waals surface area contributed by atoms with Crippen molar-refractivity contribution in [3.8, 4) is 5.75 Å². The van der Waals surface area contributed by atoms with Crippen LogP contribution in [-0.2, 0) is 0 Å². The van der Waals surface area contributed by atoms with Crippen molar-refractivity contribution < 1.29 is 32.6 Å². The molecule has 0 radical (unpaired) electrons. The number of benzene rings is 2. The van der Waals surface area contributed by atoms with E-state index in [9.17, 15) is 22.8 Å². The van der Waals surface area contributed by atoms with Gasteiger partial charge in [-0.2, -0.15) is 0 Å². The summed E-state index contributed by atoms with van der Waals surface area (Å²) in [6, 6.07) is 9.93. The maximum absolute atomic E-state index is 12.0. The Kier molecular flexibility index (Phi) is 4.54. The van der Waals surface area contributed by atoms with E-state index in [2.05, 4.69) is 10.1 Å². The number of carbonyl (C=O) groups excluding carboxylic acids is 1. The molecule has 2 aromatic carbocycles. The highest BCUT2D eigenvalue weighted by molar-refractivity contribution is 6.04. The molecule has 0 aromatic heterocycles. The number of amides is 1. The highest BCUT2D eigenvalue weighted by Crippen LogP contribution is 2.23. The fourth-order valence-electron chi connectivity index (χ4n) is 1.74. The summed E-state index contributed by atoms with van der Waals surface area (Å²) in [7, 11) is 0. The lowest BCUT2D eigenvalue weighted by Gasteiger charge is -2.09. The van der Waals surface area contributed by atoms with Crippen molar-refractivity contribution in [3.05, 3.63) is 59.7 Å². The number of rotatable bonds is 4. The zero-order valence-electron chi connectivity index (χ0n) is 11.4. The fraction of sp³-hybridized carbons (Fsp3) is 0.0667. The zero-order chi connectivity index (χ0) is 17.0. The van der Waals surface area contributed by atoms with Gasteiger partial charge in [0.15, 0.2) is 0 Å². The molecule has 2 N–H and O–H groups in total. The van der Waals surface area contributed by atoms with E-state index in [1.54, 1.807) is 0 Å². The van der Waals surface area contributed by atoms with Crippen LogP contribution in [0.3, 0.4) is 0 Å². The van der Waals surface area contributed by atoms with Gasteiger partial charge in [0.05, 0.1) is 5.56 Å². The molecular weight excluding hydrogens is 315 g/mol. The molecule has 1 amide bonds. The first kappa shape index (κ1) is 16.3. The van der Waals surface area contributed by atoms with Gasteiger partial charge in [-0.3, -0.25) is 4.79 Å². The van der Waals surface area contributed by atoms with Crippen molar-refractivity contribution >= 4 is 17.6 Å². The molecule has 0 bridgehead atoms. The molecule has 0 atom stereocenters. The van der Waals surface area contributed by atoms with Gasteiger partial charge in [0, 0.05) is 11.3 Å². The van der Waals surface area contributed by atoms with Gasteiger partial charge in [0.1, 0.15) is 5.75 Å². The third-order valence-electron chi connectivity index (χ3n) is 2.72. The normalized spacial score (nSPS) is 10.9. The van der Waals surface area contributed by atoms with Crippen molar-refractivity contribution in [2.24, 2.45) is 0 Å². The van der Waals surface area contributed by atoms with Crippen molar-refractivity contribution in [1.82, 2.24) is 0 Å². The van der Waals surface area contributed by atoms with Gasteiger partial charge in [-0.25, -0.2) is 4.79 Å². The molecule has 0 saturated heterocycles. The van der Waals surface area contributed by atoms with E-state index >= 15 is 0 Å². The molecule has 0 unspecified atom stereocenters. The lowest BCUT2D eigenvalue weighted by atomic mass is 10.1. The van der Waals surface area contributed by atoms with E-state index in [1.165, 1.54) is 24.3 Å². The first-order valence-electron chi connectivity index (χ1n) is 6.25. The van der Waals surface area contributed by atoms with Crippen LogP contribution in [0.4, 0.5) is 18.9 Å². The van der Waals surface area contributed by atoms with Crippen molar-refractivity contribution in [3.63, 3.8) is 0 Å². The summed E-state index contributed by atoms with van der Waals surface area (Å²) in [6.07, 6.45) is -4.80. The van der Waals surface area contributed by atoms with Crippen molar-refractivity contribution in [2.75, 3.05) is 5.32 Å². The van der Waals surface area contributed by atoms with Gasteiger partial charge < -0.3 is 15.2 Å². The van der Waals surface area contributed by atoms with E-state index in [1.807, 2.05) is 0 Å². The molecule has 0 saturated carbocycles. The minimum Gasteiger partial charge on any atom is -0.478 e. The third kappa shape index (κ3) is 4.73. The highest BCUT2D eigenvalue weighted by atomic mass is 19.4. The van der Waals surface area contributed by atoms with Crippen LogP contribution in [0.2, 0.25) is 0 Å². The number of carbonyl (C=O) groups is 2. The second-order valence-corrected chi connectivity index (χ2v) is 4.41. The number of hydrogen-bond donors (Lipinski definition) is 2. The number of nitrogens with one attached hydrogen (secondary N) is 1. The zero-order valence-corrected chi connectivity index (χ0v) is 11.4. The first-order chi connectivity index (χ1) is 10.7. The van der Waals surface area contributed by atoms with Gasteiger partial charge >= 0.3 is 12.3 Å². The Hall–Kier alpha value is -3.03. The van der Waals surface area contributed by atoms with E-state index in [4.69, 9.17) is 5.11 Å². The van der Waals surface area contributed by atoms with Crippen LogP contribution in [0.1, 0.15) is 20.7 Å². The predicted molar refractivity (Wildman–Crippen MR) is 74.5 cm³/mol. The molecule has 23 heavy (non-hydrogen) atoms. The van der Waals surface area contributed by atoms with E-state index in [0.29, 0.717) is 0 Å². The quantitative estimate of drug-likeness (QED) is 0.901. The summed E-state index contributed by atoms with van der Waals surface area (Å²) >= 11 is 0. The average molecular weight is 325 g/mol. The fourth-order valence-corrected chi connectivity index (χ4v) is 1.74. The Morgan fingerprint density at radius 3 is 2.22 bits per heavy atom. The van der Waals surface area contributed by atoms with E-state index in [0.717, 1.165) is 24.3 Å². The van der Waals surface area contributed by atoms with Crippen molar-refractivity contribution in [1.29, 1.82) is 0 Å². The number of ether oxygens (including phenoxy) is 1. The van der Waals surface area contributed by atoms with Crippen LogP contribution in [0.25, 0.3) is 0 Å². The summed E-state index contributed by atoms with van der Waals surface area (Å²) in [4.78, 5) is 22.8. The topological polar surface area (TPSA) is 75.6 Å². The second kappa shape index (κ2) is 6.39. The Labute approximate surface area is 128 Å². The number of alkyl halides is 3. The number of anilines is 1. The Balaban J connectivity index is 2.09. The molecule has 2 rings (SSSR count). The van der Waals surface area contributed by atoms with Gasteiger partial charge in [-0.1, -0.05) is 6.07 Å². The maximum atomic E-state index is 12.0. The van der Waals surface area contributed by atoms with E-state index in [-0.39, 0.29) is 16.8 Å². The molecule has 2 aromatic rings. The van der Waals surface area contributed by atoms with E-state index < -0.39 is 24.0 Å². The SMILES string of the molecule is O=C(O)c1cccc(NC(=O)c2ccc(OC(F)(F)F)cc2)c1. The molecule has 120 valence electrons. The second-order valence-electron chi connectivity index (χ2n) is 4.41. The smallest absolute Gasteiger partial charge is 0.478 e. The highest BCUT2D eigenvalue weighted by Gasteiger charge is 2.31. The van der Waals surface area contributed by atoms with Crippen LogP contribution >= 0.6 is 0 Å². The molecule has 0 fully saturated rings. The third-order valence-corrected chi connectivity index (χ3v) is 2.72. The summed E-state index contributed by atoms with van der Waals surface area (Å²) < 4.78 is 39.8. The molecule has 5 nitrogen and oxygen atoms in total. The van der Waals surface area contributed by atoms with Crippen LogP contribution in [0.5, 0.6) is 5.75 Å². The number of aromatic carboxylic acids is 1. The summed E-state index contributed by atoms with van der Waals surface area (Å²) in [5, 5.41) is 11.3. The molecule has 8 heteroatoms. The summed E-state index contributed by atoms with van der Waals surface area (Å²) in [6.45, 7) is 0.